The Bertz CT molecular complexity index is 101. The van der Waals surface area contributed by atoms with Crippen molar-refractivity contribution in [3.63, 3.8) is 0 Å². The zero-order valence-electron chi connectivity index (χ0n) is 8.02. The topological polar surface area (TPSA) is 9.23 Å². The van der Waals surface area contributed by atoms with E-state index in [4.69, 9.17) is 4.74 Å². The molecule has 0 heterocycles. The Labute approximate surface area is 70.4 Å². The third-order valence-electron chi connectivity index (χ3n) is 1.43. The van der Waals surface area contributed by atoms with Gasteiger partial charge in [-0.05, 0) is 25.8 Å². The van der Waals surface area contributed by atoms with Crippen molar-refractivity contribution >= 4 is 0 Å². The molecule has 0 unspecified atom stereocenters. The number of ether oxygens (including phenoxy) is 1. The van der Waals surface area contributed by atoms with Crippen molar-refractivity contribution in [1.82, 2.24) is 0 Å². The van der Waals surface area contributed by atoms with Crippen molar-refractivity contribution in [1.29, 1.82) is 0 Å². The first-order chi connectivity index (χ1) is 5.27. The summed E-state index contributed by atoms with van der Waals surface area (Å²) in [4.78, 5) is 0. The molecule has 0 atom stereocenters. The van der Waals surface area contributed by atoms with Crippen molar-refractivity contribution in [3.8, 4) is 0 Å². The van der Waals surface area contributed by atoms with Gasteiger partial charge in [-0.1, -0.05) is 26.2 Å². The molecule has 0 radical (unpaired) electrons. The quantitative estimate of drug-likeness (QED) is 0.422. The lowest BCUT2D eigenvalue weighted by Gasteiger charge is -2.00. The van der Waals surface area contributed by atoms with Crippen LogP contribution < -0.4 is 0 Å². The van der Waals surface area contributed by atoms with E-state index in [1.165, 1.54) is 31.3 Å². The van der Waals surface area contributed by atoms with Gasteiger partial charge < -0.3 is 4.74 Å². The van der Waals surface area contributed by atoms with Crippen molar-refractivity contribution in [2.75, 3.05) is 6.61 Å². The molecule has 0 saturated carbocycles. The Morgan fingerprint density at radius 2 is 1.91 bits per heavy atom. The van der Waals surface area contributed by atoms with Crippen LogP contribution in [0.5, 0.6) is 0 Å². The molecule has 0 fully saturated rings. The van der Waals surface area contributed by atoms with Crippen LogP contribution >= 0.6 is 0 Å². The monoisotopic (exact) mass is 156 g/mol. The van der Waals surface area contributed by atoms with Crippen LogP contribution in [0.15, 0.2) is 11.8 Å². The highest BCUT2D eigenvalue weighted by molar-refractivity contribution is 4.86. The van der Waals surface area contributed by atoms with E-state index in [-0.39, 0.29) is 0 Å². The molecule has 1 heteroatoms. The molecule has 0 spiro atoms. The second kappa shape index (κ2) is 7.64. The van der Waals surface area contributed by atoms with Crippen molar-refractivity contribution < 1.29 is 4.74 Å². The number of hydrogen-bond donors (Lipinski definition) is 0. The molecule has 0 amide bonds. The fourth-order valence-corrected chi connectivity index (χ4v) is 0.838. The number of allylic oxidation sites excluding steroid dienone is 1. The van der Waals surface area contributed by atoms with Gasteiger partial charge in [0.1, 0.15) is 0 Å². The normalized spacial score (nSPS) is 9.36. The predicted octanol–water partition coefficient (Wildman–Crippen LogP) is 3.51. The third kappa shape index (κ3) is 9.54. The van der Waals surface area contributed by atoms with Crippen LogP contribution in [0.4, 0.5) is 0 Å². The Kier molecular flexibility index (Phi) is 7.33. The molecule has 0 rings (SSSR count). The fourth-order valence-electron chi connectivity index (χ4n) is 0.838. The van der Waals surface area contributed by atoms with Crippen LogP contribution in [0.2, 0.25) is 0 Å². The Hall–Kier alpha value is -0.460. The van der Waals surface area contributed by atoms with E-state index in [0.29, 0.717) is 0 Å². The lowest BCUT2D eigenvalue weighted by Crippen LogP contribution is -1.87. The second-order valence-electron chi connectivity index (χ2n) is 3.13. The molecular formula is C10H20O. The summed E-state index contributed by atoms with van der Waals surface area (Å²) >= 11 is 0. The summed E-state index contributed by atoms with van der Waals surface area (Å²) in [5.41, 5.74) is 1.24. The van der Waals surface area contributed by atoms with Gasteiger partial charge >= 0.3 is 0 Å². The summed E-state index contributed by atoms with van der Waals surface area (Å²) in [6, 6.07) is 0. The van der Waals surface area contributed by atoms with E-state index < -0.39 is 0 Å². The van der Waals surface area contributed by atoms with Gasteiger partial charge in [-0.25, -0.2) is 0 Å². The van der Waals surface area contributed by atoms with Gasteiger partial charge in [-0.2, -0.15) is 0 Å². The number of hydrogen-bond acceptors (Lipinski definition) is 1. The summed E-state index contributed by atoms with van der Waals surface area (Å²) in [7, 11) is 0. The zero-order valence-corrected chi connectivity index (χ0v) is 8.02. The maximum atomic E-state index is 5.28. The average molecular weight is 156 g/mol. The SMILES string of the molecule is CCCCCCOC=C(C)C. The van der Waals surface area contributed by atoms with Crippen molar-refractivity contribution in [2.45, 2.75) is 46.5 Å². The minimum absolute atomic E-state index is 0.880. The van der Waals surface area contributed by atoms with Crippen LogP contribution in [0.3, 0.4) is 0 Å². The van der Waals surface area contributed by atoms with E-state index >= 15 is 0 Å². The van der Waals surface area contributed by atoms with Crippen LogP contribution in [0.1, 0.15) is 46.5 Å². The van der Waals surface area contributed by atoms with E-state index in [1.54, 1.807) is 0 Å². The second-order valence-corrected chi connectivity index (χ2v) is 3.13. The fraction of sp³-hybridized carbons (Fsp3) is 0.800. The van der Waals surface area contributed by atoms with E-state index in [0.717, 1.165) is 6.61 Å². The third-order valence-corrected chi connectivity index (χ3v) is 1.43. The highest BCUT2D eigenvalue weighted by Crippen LogP contribution is 1.99. The molecule has 66 valence electrons. The van der Waals surface area contributed by atoms with Crippen LogP contribution in [0, 0.1) is 0 Å². The lowest BCUT2D eigenvalue weighted by molar-refractivity contribution is 0.238. The van der Waals surface area contributed by atoms with Gasteiger partial charge in [0.25, 0.3) is 0 Å². The summed E-state index contributed by atoms with van der Waals surface area (Å²) in [5.74, 6) is 0. The first-order valence-corrected chi connectivity index (χ1v) is 4.52. The summed E-state index contributed by atoms with van der Waals surface area (Å²) in [5, 5.41) is 0. The molecule has 0 aliphatic heterocycles. The number of unbranched alkanes of at least 4 members (excludes halogenated alkanes) is 3. The van der Waals surface area contributed by atoms with Gasteiger partial charge in [-0.3, -0.25) is 0 Å². The van der Waals surface area contributed by atoms with Crippen LogP contribution in [0.25, 0.3) is 0 Å². The summed E-state index contributed by atoms with van der Waals surface area (Å²) in [6.07, 6.45) is 6.96. The highest BCUT2D eigenvalue weighted by Gasteiger charge is 1.86. The summed E-state index contributed by atoms with van der Waals surface area (Å²) in [6.45, 7) is 7.19. The highest BCUT2D eigenvalue weighted by atomic mass is 16.5. The Morgan fingerprint density at radius 3 is 2.45 bits per heavy atom. The smallest absolute Gasteiger partial charge is 0.0873 e. The van der Waals surface area contributed by atoms with Gasteiger partial charge in [0, 0.05) is 0 Å². The van der Waals surface area contributed by atoms with Gasteiger partial charge in [-0.15, -0.1) is 0 Å². The molecule has 0 aliphatic carbocycles. The minimum atomic E-state index is 0.880. The van der Waals surface area contributed by atoms with E-state index in [1.807, 2.05) is 20.1 Å². The Balaban J connectivity index is 2.97. The zero-order chi connectivity index (χ0) is 8.53. The molecule has 0 N–H and O–H groups in total. The Morgan fingerprint density at radius 1 is 1.18 bits per heavy atom. The molecule has 0 aromatic heterocycles. The van der Waals surface area contributed by atoms with E-state index in [9.17, 15) is 0 Å². The number of rotatable bonds is 6. The molecule has 11 heavy (non-hydrogen) atoms. The molecule has 0 aromatic carbocycles. The first-order valence-electron chi connectivity index (χ1n) is 4.52. The van der Waals surface area contributed by atoms with Gasteiger partial charge in [0.05, 0.1) is 12.9 Å². The largest absolute Gasteiger partial charge is 0.501 e. The van der Waals surface area contributed by atoms with Crippen molar-refractivity contribution in [2.24, 2.45) is 0 Å². The van der Waals surface area contributed by atoms with Crippen LogP contribution in [-0.2, 0) is 4.74 Å². The first kappa shape index (κ1) is 10.5. The standard InChI is InChI=1S/C10H20O/c1-4-5-6-7-8-11-9-10(2)3/h9H,4-8H2,1-3H3. The van der Waals surface area contributed by atoms with Crippen LogP contribution in [-0.4, -0.2) is 6.61 Å². The molecular weight excluding hydrogens is 136 g/mol. The van der Waals surface area contributed by atoms with Crippen molar-refractivity contribution in [3.05, 3.63) is 11.8 Å². The predicted molar refractivity (Wildman–Crippen MR) is 49.5 cm³/mol. The maximum Gasteiger partial charge on any atom is 0.0873 e. The molecule has 0 bridgehead atoms. The molecule has 0 aliphatic rings. The molecule has 0 saturated heterocycles. The van der Waals surface area contributed by atoms with Gasteiger partial charge in [0.15, 0.2) is 0 Å². The minimum Gasteiger partial charge on any atom is -0.501 e. The van der Waals surface area contributed by atoms with Gasteiger partial charge in [0.2, 0.25) is 0 Å². The maximum absolute atomic E-state index is 5.28. The average Bonchev–Trinajstić information content (AvgIpc) is 1.96. The lowest BCUT2D eigenvalue weighted by atomic mass is 10.2. The molecule has 1 nitrogen and oxygen atoms in total. The molecule has 0 aromatic rings. The van der Waals surface area contributed by atoms with E-state index in [2.05, 4.69) is 6.92 Å². The summed E-state index contributed by atoms with van der Waals surface area (Å²) < 4.78 is 5.28.